The van der Waals surface area contributed by atoms with Gasteiger partial charge in [0.05, 0.1) is 0 Å². The van der Waals surface area contributed by atoms with E-state index in [1.54, 1.807) is 0 Å². The zero-order chi connectivity index (χ0) is 15.7. The van der Waals surface area contributed by atoms with Crippen molar-refractivity contribution in [1.29, 1.82) is 0 Å². The lowest BCUT2D eigenvalue weighted by atomic mass is 9.78. The summed E-state index contributed by atoms with van der Waals surface area (Å²) in [4.78, 5) is 0. The van der Waals surface area contributed by atoms with Gasteiger partial charge in [0.25, 0.3) is 0 Å². The van der Waals surface area contributed by atoms with Gasteiger partial charge in [0.2, 0.25) is 0 Å². The third-order valence-electron chi connectivity index (χ3n) is 6.16. The summed E-state index contributed by atoms with van der Waals surface area (Å²) in [5.74, 6) is 3.62. The van der Waals surface area contributed by atoms with Crippen LogP contribution in [0.15, 0.2) is 0 Å². The van der Waals surface area contributed by atoms with E-state index >= 15 is 0 Å². The van der Waals surface area contributed by atoms with E-state index in [1.165, 1.54) is 64.2 Å². The largest absolute Gasteiger partial charge is 0.317 e. The molecule has 1 nitrogen and oxygen atoms in total. The molecule has 5 unspecified atom stereocenters. The Morgan fingerprint density at radius 2 is 1.62 bits per heavy atom. The molecule has 1 aliphatic rings. The van der Waals surface area contributed by atoms with Crippen molar-refractivity contribution in [3.8, 4) is 0 Å². The molecule has 1 fully saturated rings. The van der Waals surface area contributed by atoms with Crippen LogP contribution in [0.3, 0.4) is 0 Å². The molecule has 1 aliphatic carbocycles. The van der Waals surface area contributed by atoms with Gasteiger partial charge in [-0.1, -0.05) is 78.6 Å². The lowest BCUT2D eigenvalue weighted by molar-refractivity contribution is 0.214. The first kappa shape index (κ1) is 19.0. The average Bonchev–Trinajstić information content (AvgIpc) is 2.49. The molecule has 0 aromatic carbocycles. The quantitative estimate of drug-likeness (QED) is 0.670. The Kier molecular flexibility index (Phi) is 9.64. The predicted molar refractivity (Wildman–Crippen MR) is 95.7 cm³/mol. The van der Waals surface area contributed by atoms with Gasteiger partial charge in [-0.15, -0.1) is 0 Å². The van der Waals surface area contributed by atoms with Crippen molar-refractivity contribution in [2.75, 3.05) is 7.05 Å². The molecule has 1 saturated carbocycles. The first-order valence-electron chi connectivity index (χ1n) is 9.75. The van der Waals surface area contributed by atoms with Crippen LogP contribution in [-0.4, -0.2) is 13.1 Å². The fourth-order valence-corrected chi connectivity index (χ4v) is 4.32. The van der Waals surface area contributed by atoms with Crippen molar-refractivity contribution in [1.82, 2.24) is 5.32 Å². The average molecular weight is 296 g/mol. The molecule has 1 rings (SSSR count). The highest BCUT2D eigenvalue weighted by Gasteiger charge is 2.25. The highest BCUT2D eigenvalue weighted by Crippen LogP contribution is 2.32. The van der Waals surface area contributed by atoms with Crippen LogP contribution in [0.5, 0.6) is 0 Å². The lowest BCUT2D eigenvalue weighted by Crippen LogP contribution is -2.35. The van der Waals surface area contributed by atoms with E-state index in [4.69, 9.17) is 0 Å². The maximum atomic E-state index is 3.53. The minimum Gasteiger partial charge on any atom is -0.317 e. The van der Waals surface area contributed by atoms with E-state index < -0.39 is 0 Å². The van der Waals surface area contributed by atoms with Crippen LogP contribution in [0.25, 0.3) is 0 Å². The summed E-state index contributed by atoms with van der Waals surface area (Å²) in [7, 11) is 2.14. The third-order valence-corrected chi connectivity index (χ3v) is 6.16. The molecule has 1 heteroatoms. The van der Waals surface area contributed by atoms with Crippen LogP contribution in [-0.2, 0) is 0 Å². The van der Waals surface area contributed by atoms with Crippen LogP contribution in [0, 0.1) is 23.7 Å². The second kappa shape index (κ2) is 10.6. The Balaban J connectivity index is 2.64. The second-order valence-electron chi connectivity index (χ2n) is 7.90. The van der Waals surface area contributed by atoms with Crippen molar-refractivity contribution in [3.63, 3.8) is 0 Å². The molecule has 0 aliphatic heterocycles. The van der Waals surface area contributed by atoms with Crippen LogP contribution < -0.4 is 5.32 Å². The van der Waals surface area contributed by atoms with Crippen molar-refractivity contribution >= 4 is 0 Å². The van der Waals surface area contributed by atoms with Gasteiger partial charge in [0.1, 0.15) is 0 Å². The Morgan fingerprint density at radius 1 is 0.952 bits per heavy atom. The Morgan fingerprint density at radius 3 is 2.29 bits per heavy atom. The van der Waals surface area contributed by atoms with Gasteiger partial charge in [-0.05, 0) is 44.1 Å². The minimum atomic E-state index is 0.662. The van der Waals surface area contributed by atoms with Gasteiger partial charge in [-0.2, -0.15) is 0 Å². The Labute approximate surface area is 134 Å². The van der Waals surface area contributed by atoms with E-state index in [2.05, 4.69) is 40.1 Å². The summed E-state index contributed by atoms with van der Waals surface area (Å²) in [6.45, 7) is 9.77. The van der Waals surface area contributed by atoms with Crippen LogP contribution in [0.1, 0.15) is 91.9 Å². The first-order chi connectivity index (χ1) is 10.1. The van der Waals surface area contributed by atoms with E-state index in [0.29, 0.717) is 6.04 Å². The molecule has 0 spiro atoms. The molecular formula is C20H41N. The number of rotatable bonds is 3. The van der Waals surface area contributed by atoms with Gasteiger partial charge in [-0.3, -0.25) is 0 Å². The molecule has 21 heavy (non-hydrogen) atoms. The minimum absolute atomic E-state index is 0.662. The highest BCUT2D eigenvalue weighted by molar-refractivity contribution is 4.78. The fourth-order valence-electron chi connectivity index (χ4n) is 4.32. The predicted octanol–water partition coefficient (Wildman–Crippen LogP) is 6.03. The van der Waals surface area contributed by atoms with E-state index in [0.717, 1.165) is 23.7 Å². The van der Waals surface area contributed by atoms with Gasteiger partial charge >= 0.3 is 0 Å². The van der Waals surface area contributed by atoms with Crippen LogP contribution >= 0.6 is 0 Å². The Bertz CT molecular complexity index is 250. The summed E-state index contributed by atoms with van der Waals surface area (Å²) in [6.07, 6.45) is 14.5. The number of nitrogens with one attached hydrogen (secondary N) is 1. The van der Waals surface area contributed by atoms with Crippen LogP contribution in [0.4, 0.5) is 0 Å². The van der Waals surface area contributed by atoms with E-state index in [-0.39, 0.29) is 0 Å². The molecule has 0 radical (unpaired) electrons. The summed E-state index contributed by atoms with van der Waals surface area (Å²) >= 11 is 0. The monoisotopic (exact) mass is 295 g/mol. The van der Waals surface area contributed by atoms with Gasteiger partial charge in [0, 0.05) is 6.04 Å². The zero-order valence-corrected chi connectivity index (χ0v) is 15.5. The SMILES string of the molecule is CCC1CCCCCC(C)CC(C(C)NC)C(C)CCC1. The third kappa shape index (κ3) is 7.17. The molecule has 0 bridgehead atoms. The van der Waals surface area contributed by atoms with Crippen molar-refractivity contribution in [2.45, 2.75) is 97.9 Å². The smallest absolute Gasteiger partial charge is 0.00666 e. The molecule has 0 heterocycles. The zero-order valence-electron chi connectivity index (χ0n) is 15.5. The summed E-state index contributed by atoms with van der Waals surface area (Å²) in [6, 6.07) is 0.662. The highest BCUT2D eigenvalue weighted by atomic mass is 14.9. The first-order valence-corrected chi connectivity index (χ1v) is 9.75. The fraction of sp³-hybridized carbons (Fsp3) is 1.00. The molecule has 0 aromatic rings. The lowest BCUT2D eigenvalue weighted by Gasteiger charge is -2.32. The van der Waals surface area contributed by atoms with Crippen molar-refractivity contribution in [2.24, 2.45) is 23.7 Å². The number of hydrogen-bond donors (Lipinski definition) is 1. The van der Waals surface area contributed by atoms with Crippen molar-refractivity contribution < 1.29 is 0 Å². The maximum Gasteiger partial charge on any atom is 0.00666 e. The van der Waals surface area contributed by atoms with Gasteiger partial charge < -0.3 is 5.32 Å². The van der Waals surface area contributed by atoms with Crippen LogP contribution in [0.2, 0.25) is 0 Å². The maximum absolute atomic E-state index is 3.53. The van der Waals surface area contributed by atoms with Crippen molar-refractivity contribution in [3.05, 3.63) is 0 Å². The molecule has 0 saturated heterocycles. The molecule has 126 valence electrons. The normalized spacial score (nSPS) is 35.3. The summed E-state index contributed by atoms with van der Waals surface area (Å²) in [5.41, 5.74) is 0. The molecule has 0 amide bonds. The van der Waals surface area contributed by atoms with Gasteiger partial charge in [0.15, 0.2) is 0 Å². The molecule has 1 N–H and O–H groups in total. The topological polar surface area (TPSA) is 12.0 Å². The molecule has 0 aromatic heterocycles. The van der Waals surface area contributed by atoms with E-state index in [9.17, 15) is 0 Å². The molecular weight excluding hydrogens is 254 g/mol. The summed E-state index contributed by atoms with van der Waals surface area (Å²) in [5, 5.41) is 3.53. The second-order valence-corrected chi connectivity index (χ2v) is 7.90. The number of hydrogen-bond acceptors (Lipinski definition) is 1. The summed E-state index contributed by atoms with van der Waals surface area (Å²) < 4.78 is 0. The van der Waals surface area contributed by atoms with E-state index in [1.807, 2.05) is 0 Å². The Hall–Kier alpha value is -0.0400. The van der Waals surface area contributed by atoms with Gasteiger partial charge in [-0.25, -0.2) is 0 Å². The molecule has 5 atom stereocenters. The standard InChI is InChI=1S/C20H41N/c1-6-19-13-9-7-8-11-16(2)15-20(18(4)21-5)17(3)12-10-14-19/h16-21H,6-15H2,1-5H3.